The van der Waals surface area contributed by atoms with Gasteiger partial charge in [0.1, 0.15) is 11.5 Å². The largest absolute Gasteiger partial charge is 0.497 e. The number of methoxy groups -OCH3 is 2. The van der Waals surface area contributed by atoms with E-state index in [1.807, 2.05) is 13.0 Å². The van der Waals surface area contributed by atoms with Crippen molar-refractivity contribution in [1.29, 1.82) is 0 Å². The van der Waals surface area contributed by atoms with E-state index < -0.39 is 11.9 Å². The normalized spacial score (nSPS) is 10.8. The maximum atomic E-state index is 12.1. The van der Waals surface area contributed by atoms with Crippen LogP contribution in [0.3, 0.4) is 0 Å². The van der Waals surface area contributed by atoms with Gasteiger partial charge in [0.15, 0.2) is 0 Å². The molecule has 0 saturated carbocycles. The van der Waals surface area contributed by atoms with Crippen molar-refractivity contribution in [1.82, 2.24) is 10.1 Å². The Hall–Kier alpha value is -3.07. The van der Waals surface area contributed by atoms with Crippen LogP contribution in [-0.4, -0.2) is 54.5 Å². The second-order valence-electron chi connectivity index (χ2n) is 6.22. The third kappa shape index (κ3) is 5.71. The molecule has 158 valence electrons. The second kappa shape index (κ2) is 10.5. The van der Waals surface area contributed by atoms with Crippen molar-refractivity contribution in [3.05, 3.63) is 40.8 Å². The first-order chi connectivity index (χ1) is 13.9. The monoisotopic (exact) mass is 406 g/mol. The number of hydrogen-bond donors (Lipinski definition) is 1. The molecule has 2 rings (SSSR count). The summed E-state index contributed by atoms with van der Waals surface area (Å²) in [7, 11) is 3.11. The van der Waals surface area contributed by atoms with E-state index in [4.69, 9.17) is 18.7 Å². The Morgan fingerprint density at radius 2 is 1.93 bits per heavy atom. The van der Waals surface area contributed by atoms with Gasteiger partial charge in [0.05, 0.1) is 33.1 Å². The molecule has 0 spiro atoms. The number of ether oxygens (including phenoxy) is 3. The van der Waals surface area contributed by atoms with Gasteiger partial charge in [-0.1, -0.05) is 18.1 Å². The van der Waals surface area contributed by atoms with E-state index in [2.05, 4.69) is 5.16 Å². The molecule has 0 radical (unpaired) electrons. The van der Waals surface area contributed by atoms with Crippen molar-refractivity contribution < 1.29 is 33.4 Å². The molecule has 1 aromatic heterocycles. The standard InChI is InChI=1S/C20H26N2O7/c1-5-16-15(19(20(24)25)29-21-16)11-22(12-18(23)28-6-2)10-13-7-8-14(26-3)9-17(13)27-4/h7-9H,5-6,10-12H2,1-4H3,(H,24,25). The highest BCUT2D eigenvalue weighted by atomic mass is 16.5. The quantitative estimate of drug-likeness (QED) is 0.563. The van der Waals surface area contributed by atoms with E-state index in [1.54, 1.807) is 38.2 Å². The first-order valence-corrected chi connectivity index (χ1v) is 9.22. The van der Waals surface area contributed by atoms with E-state index in [9.17, 15) is 14.7 Å². The zero-order chi connectivity index (χ0) is 21.4. The fourth-order valence-electron chi connectivity index (χ4n) is 2.96. The van der Waals surface area contributed by atoms with Crippen LogP contribution in [0.1, 0.15) is 41.2 Å². The number of nitrogens with zero attached hydrogens (tertiary/aromatic N) is 2. The van der Waals surface area contributed by atoms with Gasteiger partial charge >= 0.3 is 11.9 Å². The van der Waals surface area contributed by atoms with Crippen molar-refractivity contribution >= 4 is 11.9 Å². The van der Waals surface area contributed by atoms with Gasteiger partial charge in [0.25, 0.3) is 0 Å². The number of aryl methyl sites for hydroxylation is 1. The molecule has 29 heavy (non-hydrogen) atoms. The summed E-state index contributed by atoms with van der Waals surface area (Å²) in [4.78, 5) is 25.4. The zero-order valence-corrected chi connectivity index (χ0v) is 17.1. The summed E-state index contributed by atoms with van der Waals surface area (Å²) in [5.74, 6) is -0.602. The van der Waals surface area contributed by atoms with Crippen molar-refractivity contribution in [2.75, 3.05) is 27.4 Å². The van der Waals surface area contributed by atoms with Gasteiger partial charge in [-0.2, -0.15) is 0 Å². The van der Waals surface area contributed by atoms with E-state index in [0.29, 0.717) is 35.7 Å². The van der Waals surface area contributed by atoms with Crippen LogP contribution < -0.4 is 9.47 Å². The number of benzene rings is 1. The molecule has 0 aliphatic carbocycles. The highest BCUT2D eigenvalue weighted by Crippen LogP contribution is 2.27. The Bertz CT molecular complexity index is 847. The molecule has 0 fully saturated rings. The van der Waals surface area contributed by atoms with Crippen LogP contribution in [0.2, 0.25) is 0 Å². The van der Waals surface area contributed by atoms with Crippen LogP contribution in [0.5, 0.6) is 11.5 Å². The average molecular weight is 406 g/mol. The summed E-state index contributed by atoms with van der Waals surface area (Å²) in [5.41, 5.74) is 1.79. The summed E-state index contributed by atoms with van der Waals surface area (Å²) in [5, 5.41) is 13.3. The number of carboxylic acids is 1. The van der Waals surface area contributed by atoms with Crippen molar-refractivity contribution in [3.8, 4) is 11.5 Å². The summed E-state index contributed by atoms with van der Waals surface area (Å²) in [6.45, 7) is 4.28. The molecule has 1 N–H and O–H groups in total. The fourth-order valence-corrected chi connectivity index (χ4v) is 2.96. The van der Waals surface area contributed by atoms with Gasteiger partial charge in [0.2, 0.25) is 5.76 Å². The minimum absolute atomic E-state index is 0.0313. The molecular weight excluding hydrogens is 380 g/mol. The predicted octanol–water partition coefficient (Wildman–Crippen LogP) is 2.52. The molecule has 0 atom stereocenters. The molecule has 0 bridgehead atoms. The Kier molecular flexibility index (Phi) is 8.02. The Balaban J connectivity index is 2.35. The van der Waals surface area contributed by atoms with Crippen molar-refractivity contribution in [2.24, 2.45) is 0 Å². The molecule has 9 heteroatoms. The minimum atomic E-state index is -1.20. The number of carbonyl (C=O) groups excluding carboxylic acids is 1. The molecule has 0 aliphatic heterocycles. The van der Waals surface area contributed by atoms with Gasteiger partial charge < -0.3 is 23.8 Å². The minimum Gasteiger partial charge on any atom is -0.497 e. The maximum Gasteiger partial charge on any atom is 0.375 e. The smallest absolute Gasteiger partial charge is 0.375 e. The van der Waals surface area contributed by atoms with Gasteiger partial charge in [-0.25, -0.2) is 4.79 Å². The molecule has 1 aromatic carbocycles. The molecule has 0 saturated heterocycles. The van der Waals surface area contributed by atoms with E-state index in [1.165, 1.54) is 0 Å². The Labute approximate surface area is 169 Å². The van der Waals surface area contributed by atoms with Crippen molar-refractivity contribution in [3.63, 3.8) is 0 Å². The Morgan fingerprint density at radius 1 is 1.17 bits per heavy atom. The SMILES string of the molecule is CCOC(=O)CN(Cc1ccc(OC)cc1OC)Cc1c(CC)noc1C(=O)O. The van der Waals surface area contributed by atoms with Gasteiger partial charge in [-0.15, -0.1) is 0 Å². The third-order valence-corrected chi connectivity index (χ3v) is 4.33. The first kappa shape index (κ1) is 22.2. The highest BCUT2D eigenvalue weighted by molar-refractivity contribution is 5.86. The lowest BCUT2D eigenvalue weighted by Gasteiger charge is -2.22. The van der Waals surface area contributed by atoms with E-state index in [0.717, 1.165) is 5.56 Å². The first-order valence-electron chi connectivity index (χ1n) is 9.22. The van der Waals surface area contributed by atoms with Crippen molar-refractivity contribution in [2.45, 2.75) is 33.4 Å². The molecule has 0 unspecified atom stereocenters. The zero-order valence-electron chi connectivity index (χ0n) is 17.1. The van der Waals surface area contributed by atoms with E-state index >= 15 is 0 Å². The number of aromatic nitrogens is 1. The lowest BCUT2D eigenvalue weighted by molar-refractivity contribution is -0.144. The lowest BCUT2D eigenvalue weighted by atomic mass is 10.1. The van der Waals surface area contributed by atoms with Crippen LogP contribution in [0.4, 0.5) is 0 Å². The Morgan fingerprint density at radius 3 is 2.52 bits per heavy atom. The number of hydrogen-bond acceptors (Lipinski definition) is 8. The predicted molar refractivity (Wildman–Crippen MR) is 103 cm³/mol. The molecule has 0 amide bonds. The second-order valence-corrected chi connectivity index (χ2v) is 6.22. The molecular formula is C20H26N2O7. The number of aromatic carboxylic acids is 1. The summed E-state index contributed by atoms with van der Waals surface area (Å²) < 4.78 is 20.7. The average Bonchev–Trinajstić information content (AvgIpc) is 3.11. The van der Waals surface area contributed by atoms with Gasteiger partial charge in [-0.3, -0.25) is 9.69 Å². The third-order valence-electron chi connectivity index (χ3n) is 4.33. The number of carboxylic acid groups (broad SMARTS) is 1. The van der Waals surface area contributed by atoms with Crippen LogP contribution >= 0.6 is 0 Å². The fraction of sp³-hybridized carbons (Fsp3) is 0.450. The maximum absolute atomic E-state index is 12.1. The van der Waals surface area contributed by atoms with Crippen LogP contribution in [0.15, 0.2) is 22.7 Å². The number of rotatable bonds is 11. The summed E-state index contributed by atoms with van der Waals surface area (Å²) >= 11 is 0. The molecule has 9 nitrogen and oxygen atoms in total. The van der Waals surface area contributed by atoms with Gasteiger partial charge in [0, 0.05) is 30.3 Å². The number of carbonyl (C=O) groups is 2. The van der Waals surface area contributed by atoms with E-state index in [-0.39, 0.29) is 25.5 Å². The van der Waals surface area contributed by atoms with Gasteiger partial charge in [-0.05, 0) is 19.4 Å². The lowest BCUT2D eigenvalue weighted by Crippen LogP contribution is -2.31. The highest BCUT2D eigenvalue weighted by Gasteiger charge is 2.25. The molecule has 0 aliphatic rings. The summed E-state index contributed by atoms with van der Waals surface area (Å²) in [6.07, 6.45) is 0.505. The topological polar surface area (TPSA) is 111 Å². The molecule has 2 aromatic rings. The molecule has 1 heterocycles. The van der Waals surface area contributed by atoms with Crippen LogP contribution in [-0.2, 0) is 29.0 Å². The van der Waals surface area contributed by atoms with Crippen LogP contribution in [0.25, 0.3) is 0 Å². The van der Waals surface area contributed by atoms with Crippen LogP contribution in [0, 0.1) is 0 Å². The summed E-state index contributed by atoms with van der Waals surface area (Å²) in [6, 6.07) is 5.37. The number of esters is 1.